The minimum Gasteiger partial charge on any atom is -0.385 e. The quantitative estimate of drug-likeness (QED) is 0.830. The maximum Gasteiger partial charge on any atom is 0.258 e. The lowest BCUT2D eigenvalue weighted by molar-refractivity contribution is 0.0946. The zero-order valence-corrected chi connectivity index (χ0v) is 11.0. The Morgan fingerprint density at radius 3 is 2.80 bits per heavy atom. The molecule has 2 N–H and O–H groups in total. The maximum absolute atomic E-state index is 12.2. The standard InChI is InChI=1S/C15H14N2O3/c1-3-9-16-15(19)12-13(11-7-5-4-6-8-11)17-20-14(12)10(2)18/h1,4-8,10,18H,9H2,2H3,(H,16,19)/t10-/m0/s1. The fourth-order valence-electron chi connectivity index (χ4n) is 1.82. The summed E-state index contributed by atoms with van der Waals surface area (Å²) in [5.74, 6) is 2.03. The zero-order valence-electron chi connectivity index (χ0n) is 11.0. The topological polar surface area (TPSA) is 75.4 Å². The number of aliphatic hydroxyl groups is 1. The number of amides is 1. The van der Waals surface area contributed by atoms with Gasteiger partial charge in [-0.25, -0.2) is 0 Å². The third kappa shape index (κ3) is 2.71. The number of carbonyl (C=O) groups excluding carboxylic acids is 1. The molecule has 5 heteroatoms. The number of nitrogens with zero attached hydrogens (tertiary/aromatic N) is 1. The second-order valence-corrected chi connectivity index (χ2v) is 4.20. The summed E-state index contributed by atoms with van der Waals surface area (Å²) in [6.07, 6.45) is 4.19. The molecule has 1 atom stereocenters. The van der Waals surface area contributed by atoms with E-state index in [9.17, 15) is 9.90 Å². The van der Waals surface area contributed by atoms with Crippen molar-refractivity contribution in [1.82, 2.24) is 10.5 Å². The summed E-state index contributed by atoms with van der Waals surface area (Å²) in [7, 11) is 0. The average molecular weight is 270 g/mol. The summed E-state index contributed by atoms with van der Waals surface area (Å²) in [6.45, 7) is 1.60. The number of benzene rings is 1. The van der Waals surface area contributed by atoms with Crippen molar-refractivity contribution in [1.29, 1.82) is 0 Å². The van der Waals surface area contributed by atoms with E-state index in [4.69, 9.17) is 10.9 Å². The van der Waals surface area contributed by atoms with Crippen molar-refractivity contribution in [2.45, 2.75) is 13.0 Å². The van der Waals surface area contributed by atoms with Crippen LogP contribution in [0.5, 0.6) is 0 Å². The van der Waals surface area contributed by atoms with Crippen LogP contribution in [0.3, 0.4) is 0 Å². The Morgan fingerprint density at radius 1 is 1.50 bits per heavy atom. The Hall–Kier alpha value is -2.58. The van der Waals surface area contributed by atoms with Crippen LogP contribution >= 0.6 is 0 Å². The van der Waals surface area contributed by atoms with E-state index in [0.717, 1.165) is 5.56 Å². The first-order valence-corrected chi connectivity index (χ1v) is 6.10. The number of nitrogens with one attached hydrogen (secondary N) is 1. The molecule has 20 heavy (non-hydrogen) atoms. The first-order chi connectivity index (χ1) is 9.65. The van der Waals surface area contributed by atoms with Gasteiger partial charge in [-0.2, -0.15) is 0 Å². The molecule has 0 aliphatic rings. The summed E-state index contributed by atoms with van der Waals surface area (Å²) >= 11 is 0. The number of rotatable bonds is 4. The molecule has 102 valence electrons. The molecular formula is C15H14N2O3. The second kappa shape index (κ2) is 6.04. The van der Waals surface area contributed by atoms with Crippen LogP contribution in [0.1, 0.15) is 29.1 Å². The number of carbonyl (C=O) groups is 1. The number of aliphatic hydroxyl groups excluding tert-OH is 1. The van der Waals surface area contributed by atoms with Crippen molar-refractivity contribution < 1.29 is 14.4 Å². The van der Waals surface area contributed by atoms with Crippen LogP contribution < -0.4 is 5.32 Å². The van der Waals surface area contributed by atoms with Gasteiger partial charge in [0.15, 0.2) is 5.76 Å². The van der Waals surface area contributed by atoms with Crippen molar-refractivity contribution in [2.24, 2.45) is 0 Å². The summed E-state index contributed by atoms with van der Waals surface area (Å²) in [4.78, 5) is 12.2. The zero-order chi connectivity index (χ0) is 14.5. The van der Waals surface area contributed by atoms with Gasteiger partial charge >= 0.3 is 0 Å². The normalized spacial score (nSPS) is 11.7. The van der Waals surface area contributed by atoms with Crippen LogP contribution in [0.15, 0.2) is 34.9 Å². The van der Waals surface area contributed by atoms with Gasteiger partial charge in [-0.3, -0.25) is 4.79 Å². The van der Waals surface area contributed by atoms with Crippen molar-refractivity contribution in [3.63, 3.8) is 0 Å². The van der Waals surface area contributed by atoms with Gasteiger partial charge in [0, 0.05) is 5.56 Å². The van der Waals surface area contributed by atoms with E-state index in [1.165, 1.54) is 6.92 Å². The summed E-state index contributed by atoms with van der Waals surface area (Å²) in [5.41, 5.74) is 1.33. The van der Waals surface area contributed by atoms with Gasteiger partial charge in [-0.05, 0) is 6.92 Å². The van der Waals surface area contributed by atoms with Crippen molar-refractivity contribution in [2.75, 3.05) is 6.54 Å². The minimum atomic E-state index is -0.938. The van der Waals surface area contributed by atoms with E-state index in [1.54, 1.807) is 0 Å². The number of aromatic nitrogens is 1. The number of hydrogen-bond acceptors (Lipinski definition) is 4. The second-order valence-electron chi connectivity index (χ2n) is 4.20. The molecule has 2 rings (SSSR count). The first-order valence-electron chi connectivity index (χ1n) is 6.10. The van der Waals surface area contributed by atoms with Gasteiger partial charge in [0.05, 0.1) is 6.54 Å². The summed E-state index contributed by atoms with van der Waals surface area (Å²) in [5, 5.41) is 16.1. The molecule has 1 amide bonds. The Labute approximate surface area is 116 Å². The van der Waals surface area contributed by atoms with Gasteiger partial charge in [0.25, 0.3) is 5.91 Å². The highest BCUT2D eigenvalue weighted by atomic mass is 16.5. The Morgan fingerprint density at radius 2 is 2.20 bits per heavy atom. The molecule has 1 heterocycles. The molecule has 0 bridgehead atoms. The molecule has 0 spiro atoms. The Kier molecular flexibility index (Phi) is 4.18. The average Bonchev–Trinajstić information content (AvgIpc) is 2.90. The predicted molar refractivity (Wildman–Crippen MR) is 73.7 cm³/mol. The lowest BCUT2D eigenvalue weighted by atomic mass is 10.0. The molecule has 5 nitrogen and oxygen atoms in total. The van der Waals surface area contributed by atoms with E-state index in [1.807, 2.05) is 30.3 Å². The molecule has 1 aromatic carbocycles. The first kappa shape index (κ1) is 13.8. The molecular weight excluding hydrogens is 256 g/mol. The lowest BCUT2D eigenvalue weighted by Crippen LogP contribution is -2.25. The van der Waals surface area contributed by atoms with E-state index < -0.39 is 12.0 Å². The van der Waals surface area contributed by atoms with E-state index in [2.05, 4.69) is 16.4 Å². The highest BCUT2D eigenvalue weighted by Crippen LogP contribution is 2.28. The van der Waals surface area contributed by atoms with E-state index >= 15 is 0 Å². The Balaban J connectivity index is 2.48. The van der Waals surface area contributed by atoms with E-state index in [0.29, 0.717) is 5.69 Å². The van der Waals surface area contributed by atoms with Gasteiger partial charge in [-0.15, -0.1) is 6.42 Å². The predicted octanol–water partition coefficient (Wildman–Crippen LogP) is 1.76. The van der Waals surface area contributed by atoms with Gasteiger partial charge < -0.3 is 14.9 Å². The number of terminal acetylenes is 1. The van der Waals surface area contributed by atoms with Gasteiger partial charge in [-0.1, -0.05) is 41.4 Å². The van der Waals surface area contributed by atoms with Crippen molar-refractivity contribution >= 4 is 5.91 Å². The molecule has 0 fully saturated rings. The molecule has 0 aliphatic carbocycles. The lowest BCUT2D eigenvalue weighted by Gasteiger charge is -2.05. The fourth-order valence-corrected chi connectivity index (χ4v) is 1.82. The van der Waals surface area contributed by atoms with Crippen LogP contribution in [0.2, 0.25) is 0 Å². The molecule has 0 saturated heterocycles. The van der Waals surface area contributed by atoms with Crippen LogP contribution in [-0.2, 0) is 0 Å². The SMILES string of the molecule is C#CCNC(=O)c1c(-c2ccccc2)noc1[C@H](C)O. The largest absolute Gasteiger partial charge is 0.385 e. The Bertz CT molecular complexity index is 639. The smallest absolute Gasteiger partial charge is 0.258 e. The monoisotopic (exact) mass is 270 g/mol. The van der Waals surface area contributed by atoms with Crippen LogP contribution in [-0.4, -0.2) is 22.7 Å². The van der Waals surface area contributed by atoms with Gasteiger partial charge in [0.1, 0.15) is 17.4 Å². The minimum absolute atomic E-state index is 0.0947. The summed E-state index contributed by atoms with van der Waals surface area (Å²) < 4.78 is 5.10. The highest BCUT2D eigenvalue weighted by molar-refractivity contribution is 6.01. The van der Waals surface area contributed by atoms with Crippen LogP contribution in [0.4, 0.5) is 0 Å². The summed E-state index contributed by atoms with van der Waals surface area (Å²) in [6, 6.07) is 9.13. The molecule has 2 aromatic rings. The molecule has 0 unspecified atom stereocenters. The third-order valence-corrected chi connectivity index (χ3v) is 2.72. The van der Waals surface area contributed by atoms with Gasteiger partial charge in [0.2, 0.25) is 0 Å². The molecule has 0 radical (unpaired) electrons. The van der Waals surface area contributed by atoms with Crippen LogP contribution in [0.25, 0.3) is 11.3 Å². The molecule has 0 saturated carbocycles. The third-order valence-electron chi connectivity index (χ3n) is 2.72. The maximum atomic E-state index is 12.2. The van der Waals surface area contributed by atoms with Crippen LogP contribution in [0, 0.1) is 12.3 Å². The molecule has 1 aromatic heterocycles. The molecule has 0 aliphatic heterocycles. The van der Waals surface area contributed by atoms with Crippen molar-refractivity contribution in [3.05, 3.63) is 41.7 Å². The fraction of sp³-hybridized carbons (Fsp3) is 0.200. The number of hydrogen-bond donors (Lipinski definition) is 2. The van der Waals surface area contributed by atoms with Crippen molar-refractivity contribution in [3.8, 4) is 23.6 Å². The van der Waals surface area contributed by atoms with E-state index in [-0.39, 0.29) is 17.9 Å². The highest BCUT2D eigenvalue weighted by Gasteiger charge is 2.26.